The third-order valence-corrected chi connectivity index (χ3v) is 11.5. The van der Waals surface area contributed by atoms with Gasteiger partial charge < -0.3 is 22.1 Å². The van der Waals surface area contributed by atoms with Crippen molar-refractivity contribution < 1.29 is 18.4 Å². The normalized spacial score (nSPS) is 17.6. The molecule has 2 aliphatic carbocycles. The molecule has 6 N–H and O–H groups in total. The van der Waals surface area contributed by atoms with Crippen molar-refractivity contribution in [1.29, 1.82) is 0 Å². The molecule has 2 aliphatic rings. The summed E-state index contributed by atoms with van der Waals surface area (Å²) in [6.07, 6.45) is 12.2. The summed E-state index contributed by atoms with van der Waals surface area (Å²) in [4.78, 5) is 42.7. The van der Waals surface area contributed by atoms with Gasteiger partial charge in [-0.25, -0.2) is 28.7 Å². The van der Waals surface area contributed by atoms with Gasteiger partial charge in [0.25, 0.3) is 0 Å². The summed E-state index contributed by atoms with van der Waals surface area (Å²) < 4.78 is 32.3. The van der Waals surface area contributed by atoms with E-state index in [1.165, 1.54) is 12.1 Å². The second kappa shape index (κ2) is 15.8. The van der Waals surface area contributed by atoms with Gasteiger partial charge in [0.1, 0.15) is 34.9 Å². The fourth-order valence-electron chi connectivity index (χ4n) is 8.06. The van der Waals surface area contributed by atoms with Crippen LogP contribution >= 0.6 is 0 Å². The lowest BCUT2D eigenvalue weighted by Crippen LogP contribution is -2.15. The van der Waals surface area contributed by atoms with Crippen LogP contribution in [0.5, 0.6) is 0 Å². The molecule has 312 valence electrons. The smallest absolute Gasteiger partial charge is 0.229 e. The first kappa shape index (κ1) is 39.8. The number of hydrogen-bond donors (Lipinski definition) is 4. The van der Waals surface area contributed by atoms with Gasteiger partial charge in [0.05, 0.1) is 23.8 Å². The summed E-state index contributed by atoms with van der Waals surface area (Å²) >= 11 is 0. The predicted octanol–water partition coefficient (Wildman–Crippen LogP) is 7.60. The lowest BCUT2D eigenvalue weighted by molar-refractivity contribution is -0.118. The molecule has 14 nitrogen and oxygen atoms in total. The Bertz CT molecular complexity index is 2830. The third kappa shape index (κ3) is 7.89. The van der Waals surface area contributed by atoms with Gasteiger partial charge in [0.15, 0.2) is 0 Å². The minimum Gasteiger partial charge on any atom is -0.383 e. The van der Waals surface area contributed by atoms with Crippen molar-refractivity contribution in [2.24, 2.45) is 25.9 Å². The van der Waals surface area contributed by atoms with Crippen LogP contribution < -0.4 is 22.1 Å². The topological polar surface area (TPSA) is 197 Å². The molecule has 62 heavy (non-hydrogen) atoms. The number of fused-ring (bicyclic) bond motifs is 2. The number of rotatable bonds is 8. The highest BCUT2D eigenvalue weighted by Crippen LogP contribution is 2.49. The molecule has 8 aromatic rings. The van der Waals surface area contributed by atoms with Crippen LogP contribution in [0, 0.1) is 37.3 Å². The van der Waals surface area contributed by atoms with Crippen LogP contribution in [0.1, 0.15) is 46.9 Å². The molecule has 0 saturated heterocycles. The number of amides is 2. The Labute approximate surface area is 354 Å². The van der Waals surface area contributed by atoms with Crippen molar-refractivity contribution in [1.82, 2.24) is 39.5 Å². The third-order valence-electron chi connectivity index (χ3n) is 11.5. The average molecular weight is 833 g/mol. The second-order valence-electron chi connectivity index (χ2n) is 16.0. The number of halogens is 2. The number of benzene rings is 2. The molecule has 2 saturated carbocycles. The van der Waals surface area contributed by atoms with Gasteiger partial charge >= 0.3 is 0 Å². The number of carbonyl (C=O) groups excluding carboxylic acids is 2. The van der Waals surface area contributed by atoms with E-state index in [-0.39, 0.29) is 58.8 Å². The van der Waals surface area contributed by atoms with E-state index in [9.17, 15) is 18.4 Å². The number of nitrogens with zero attached hydrogens (tertiary/aromatic N) is 8. The number of aryl methyl sites for hydroxylation is 4. The molecular formula is C46H42F2N12O2. The molecule has 6 aromatic heterocycles. The van der Waals surface area contributed by atoms with Crippen LogP contribution in [-0.2, 0) is 23.7 Å². The summed E-state index contributed by atoms with van der Waals surface area (Å²) in [6.45, 7) is 3.65. The van der Waals surface area contributed by atoms with Gasteiger partial charge in [-0.05, 0) is 108 Å². The summed E-state index contributed by atoms with van der Waals surface area (Å²) in [5, 5.41) is 16.9. The summed E-state index contributed by atoms with van der Waals surface area (Å²) in [5.74, 6) is 0.691. The minimum absolute atomic E-state index is 0.0760. The first-order valence-corrected chi connectivity index (χ1v) is 20.0. The Morgan fingerprint density at radius 3 is 1.44 bits per heavy atom. The lowest BCUT2D eigenvalue weighted by Gasteiger charge is -2.11. The van der Waals surface area contributed by atoms with Gasteiger partial charge in [-0.3, -0.25) is 19.0 Å². The van der Waals surface area contributed by atoms with Crippen LogP contribution in [0.4, 0.5) is 32.1 Å². The SMILES string of the molecule is Cc1cccc(F)c1-c1cc2cc(NC(=O)[C@@H]3C[C@H]3c3cnn(C)c3)ncc2c(N)n1.Cc1cccc(F)c1-c1cc2cc(NC(=O)[C@H]3C[C@@H]3c3cnn(C)c3)ncc2c(N)n1. The maximum absolute atomic E-state index is 14.4. The van der Waals surface area contributed by atoms with Crippen LogP contribution in [0.2, 0.25) is 0 Å². The molecule has 6 heterocycles. The van der Waals surface area contributed by atoms with E-state index in [0.717, 1.165) is 45.9 Å². The monoisotopic (exact) mass is 832 g/mol. The molecule has 4 atom stereocenters. The summed E-state index contributed by atoms with van der Waals surface area (Å²) in [7, 11) is 3.72. The number of carbonyl (C=O) groups is 2. The molecule has 0 spiro atoms. The van der Waals surface area contributed by atoms with Gasteiger partial charge in [0, 0.05) is 72.6 Å². The Morgan fingerprint density at radius 1 is 0.645 bits per heavy atom. The molecule has 0 aliphatic heterocycles. The minimum atomic E-state index is -0.357. The predicted molar refractivity (Wildman–Crippen MR) is 234 cm³/mol. The van der Waals surface area contributed by atoms with Crippen LogP contribution in [-0.4, -0.2) is 51.3 Å². The number of anilines is 4. The van der Waals surface area contributed by atoms with Gasteiger partial charge in [-0.15, -0.1) is 0 Å². The highest BCUT2D eigenvalue weighted by molar-refractivity contribution is 6.00. The molecule has 10 rings (SSSR count). The van der Waals surface area contributed by atoms with Gasteiger partial charge in [0.2, 0.25) is 11.8 Å². The zero-order valence-corrected chi connectivity index (χ0v) is 34.3. The van der Waals surface area contributed by atoms with Crippen molar-refractivity contribution in [3.05, 3.63) is 132 Å². The molecule has 0 unspecified atom stereocenters. The molecule has 0 bridgehead atoms. The number of aromatic nitrogens is 8. The van der Waals surface area contributed by atoms with Crippen molar-refractivity contribution in [2.75, 3.05) is 22.1 Å². The number of hydrogen-bond acceptors (Lipinski definition) is 10. The highest BCUT2D eigenvalue weighted by atomic mass is 19.1. The number of nitrogens with two attached hydrogens (primary N) is 2. The van der Waals surface area contributed by atoms with Gasteiger partial charge in [-0.2, -0.15) is 10.2 Å². The van der Waals surface area contributed by atoms with E-state index in [1.807, 2.05) is 52.5 Å². The maximum Gasteiger partial charge on any atom is 0.229 e. The zero-order chi connectivity index (χ0) is 43.4. The standard InChI is InChI=1S/2C23H21FN6O/c2*1-12-4-3-5-18(24)21(12)19-6-13-7-20(26-10-17(13)22(25)28-19)29-23(31)16-8-15(16)14-9-27-30(2)11-14/h2*3-7,9-11,15-16H,8H2,1-2H3,(H2,25,28)(H,26,29,31)/t2*15-,16+/m10/s1. The largest absolute Gasteiger partial charge is 0.383 e. The average Bonchev–Trinajstić information content (AvgIpc) is 4.13. The summed E-state index contributed by atoms with van der Waals surface area (Å²) in [6, 6.07) is 16.8. The maximum atomic E-state index is 14.4. The first-order valence-electron chi connectivity index (χ1n) is 20.0. The number of nitrogen functional groups attached to an aromatic ring is 2. The number of pyridine rings is 4. The van der Waals surface area contributed by atoms with Crippen LogP contribution in [0.3, 0.4) is 0 Å². The molecule has 0 radical (unpaired) electrons. The van der Waals surface area contributed by atoms with Crippen LogP contribution in [0.25, 0.3) is 44.1 Å². The van der Waals surface area contributed by atoms with E-state index < -0.39 is 0 Å². The van der Waals surface area contributed by atoms with Crippen molar-refractivity contribution in [2.45, 2.75) is 38.5 Å². The Balaban J connectivity index is 0.000000158. The lowest BCUT2D eigenvalue weighted by atomic mass is 10.0. The quantitative estimate of drug-likeness (QED) is 0.118. The summed E-state index contributed by atoms with van der Waals surface area (Å²) in [5.41, 5.74) is 17.6. The van der Waals surface area contributed by atoms with Gasteiger partial charge in [-0.1, -0.05) is 24.3 Å². The van der Waals surface area contributed by atoms with E-state index in [1.54, 1.807) is 70.5 Å². The van der Waals surface area contributed by atoms with E-state index in [2.05, 4.69) is 40.8 Å². The Morgan fingerprint density at radius 2 is 1.06 bits per heavy atom. The van der Waals surface area contributed by atoms with E-state index >= 15 is 0 Å². The molecule has 16 heteroatoms. The fraction of sp³-hybridized carbons (Fsp3) is 0.217. The van der Waals surface area contributed by atoms with E-state index in [4.69, 9.17) is 11.5 Å². The Kier molecular flexibility index (Phi) is 10.1. The first-order chi connectivity index (χ1) is 29.8. The molecule has 2 amide bonds. The fourth-order valence-corrected chi connectivity index (χ4v) is 8.06. The van der Waals surface area contributed by atoms with Crippen LogP contribution in [0.15, 0.2) is 97.8 Å². The van der Waals surface area contributed by atoms with Crippen molar-refractivity contribution in [3.63, 3.8) is 0 Å². The zero-order valence-electron chi connectivity index (χ0n) is 34.3. The molecule has 2 aromatic carbocycles. The van der Waals surface area contributed by atoms with Crippen molar-refractivity contribution in [3.8, 4) is 22.5 Å². The van der Waals surface area contributed by atoms with E-state index in [0.29, 0.717) is 44.9 Å². The van der Waals surface area contributed by atoms with Crippen molar-refractivity contribution >= 4 is 56.6 Å². The molecule has 2 fully saturated rings. The Hall–Kier alpha value is -7.62. The molecular weight excluding hydrogens is 791 g/mol. The highest BCUT2D eigenvalue weighted by Gasteiger charge is 2.45. The number of nitrogens with one attached hydrogen (secondary N) is 2. The second-order valence-corrected chi connectivity index (χ2v) is 16.0.